The number of hydrogen-bond donors (Lipinski definition) is 2. The van der Waals surface area contributed by atoms with Crippen LogP contribution in [0.4, 0.5) is 5.69 Å². The highest BCUT2D eigenvalue weighted by molar-refractivity contribution is 5.94. The van der Waals surface area contributed by atoms with Crippen LogP contribution < -0.4 is 15.5 Å². The Morgan fingerprint density at radius 3 is 2.16 bits per heavy atom. The zero-order chi connectivity index (χ0) is 23.1. The summed E-state index contributed by atoms with van der Waals surface area (Å²) in [5.74, 6) is -0.450. The van der Waals surface area contributed by atoms with Crippen LogP contribution in [0.15, 0.2) is 48.5 Å². The molecule has 1 heterocycles. The number of carbonyl (C=O) groups is 3. The highest BCUT2D eigenvalue weighted by atomic mass is 16.2. The quantitative estimate of drug-likeness (QED) is 0.620. The van der Waals surface area contributed by atoms with Gasteiger partial charge in [-0.3, -0.25) is 19.7 Å². The number of imide groups is 1. The van der Waals surface area contributed by atoms with Crippen LogP contribution in [0.3, 0.4) is 0 Å². The standard InChI is InChI=1S/C25H32N4O3/c1-19-8-7-9-20(2)23(19)29-16-14-28(15-17-29)22(31)12-13-25(26-3,24(32)27-18-30)21-10-5-4-6-11-21/h4-11,18,26H,12-17H2,1-3H3,(H,27,30,32). The average Bonchev–Trinajstić information content (AvgIpc) is 2.81. The minimum absolute atomic E-state index is 0.0145. The summed E-state index contributed by atoms with van der Waals surface area (Å²) in [4.78, 5) is 41.0. The summed E-state index contributed by atoms with van der Waals surface area (Å²) < 4.78 is 0. The first-order valence-electron chi connectivity index (χ1n) is 11.0. The molecule has 0 spiro atoms. The van der Waals surface area contributed by atoms with Crippen molar-refractivity contribution in [1.82, 2.24) is 15.5 Å². The van der Waals surface area contributed by atoms with E-state index >= 15 is 0 Å². The maximum atomic E-state index is 13.0. The van der Waals surface area contributed by atoms with E-state index in [0.29, 0.717) is 19.5 Å². The fourth-order valence-corrected chi connectivity index (χ4v) is 4.61. The maximum Gasteiger partial charge on any atom is 0.251 e. The molecule has 1 saturated heterocycles. The Kier molecular flexibility index (Phi) is 7.64. The van der Waals surface area contributed by atoms with Gasteiger partial charge in [-0.25, -0.2) is 0 Å². The van der Waals surface area contributed by atoms with E-state index in [1.54, 1.807) is 7.05 Å². The molecule has 0 aromatic heterocycles. The first kappa shape index (κ1) is 23.5. The summed E-state index contributed by atoms with van der Waals surface area (Å²) in [6.07, 6.45) is 0.834. The van der Waals surface area contributed by atoms with Crippen molar-refractivity contribution < 1.29 is 14.4 Å². The van der Waals surface area contributed by atoms with E-state index in [1.165, 1.54) is 16.8 Å². The lowest BCUT2D eigenvalue weighted by Gasteiger charge is -2.38. The molecule has 0 bridgehead atoms. The second kappa shape index (κ2) is 10.4. The number of rotatable bonds is 8. The van der Waals surface area contributed by atoms with Crippen LogP contribution in [-0.2, 0) is 19.9 Å². The highest BCUT2D eigenvalue weighted by Gasteiger charge is 2.39. The lowest BCUT2D eigenvalue weighted by molar-refractivity contribution is -0.133. The molecule has 0 aliphatic carbocycles. The minimum atomic E-state index is -1.15. The van der Waals surface area contributed by atoms with Gasteiger partial charge in [0.1, 0.15) is 5.54 Å². The van der Waals surface area contributed by atoms with Crippen molar-refractivity contribution in [3.63, 3.8) is 0 Å². The van der Waals surface area contributed by atoms with E-state index in [4.69, 9.17) is 0 Å². The van der Waals surface area contributed by atoms with Crippen molar-refractivity contribution in [1.29, 1.82) is 0 Å². The lowest BCUT2D eigenvalue weighted by atomic mass is 9.84. The van der Waals surface area contributed by atoms with Crippen LogP contribution in [0.1, 0.15) is 29.5 Å². The smallest absolute Gasteiger partial charge is 0.251 e. The van der Waals surface area contributed by atoms with Crippen molar-refractivity contribution in [2.45, 2.75) is 32.2 Å². The lowest BCUT2D eigenvalue weighted by Crippen LogP contribution is -2.54. The maximum absolute atomic E-state index is 13.0. The molecule has 1 aliphatic heterocycles. The molecule has 2 aromatic carbocycles. The number of piperazine rings is 1. The molecular weight excluding hydrogens is 404 g/mol. The van der Waals surface area contributed by atoms with Crippen molar-refractivity contribution in [3.8, 4) is 0 Å². The normalized spacial score (nSPS) is 15.7. The second-order valence-corrected chi connectivity index (χ2v) is 8.22. The second-order valence-electron chi connectivity index (χ2n) is 8.22. The van der Waals surface area contributed by atoms with Gasteiger partial charge in [0.05, 0.1) is 0 Å². The van der Waals surface area contributed by atoms with Crippen LogP contribution in [-0.4, -0.2) is 56.4 Å². The summed E-state index contributed by atoms with van der Waals surface area (Å²) in [7, 11) is 1.67. The van der Waals surface area contributed by atoms with Gasteiger partial charge in [0.15, 0.2) is 0 Å². The van der Waals surface area contributed by atoms with E-state index in [0.717, 1.165) is 18.7 Å². The number of benzene rings is 2. The third kappa shape index (κ3) is 4.83. The van der Waals surface area contributed by atoms with Crippen molar-refractivity contribution in [3.05, 3.63) is 65.2 Å². The Morgan fingerprint density at radius 1 is 0.969 bits per heavy atom. The Morgan fingerprint density at radius 2 is 1.59 bits per heavy atom. The first-order valence-corrected chi connectivity index (χ1v) is 11.0. The Balaban J connectivity index is 1.67. The van der Waals surface area contributed by atoms with E-state index < -0.39 is 11.4 Å². The van der Waals surface area contributed by atoms with Crippen molar-refractivity contribution in [2.75, 3.05) is 38.1 Å². The van der Waals surface area contributed by atoms with Crippen molar-refractivity contribution in [2.24, 2.45) is 0 Å². The van der Waals surface area contributed by atoms with Gasteiger partial charge in [0.25, 0.3) is 5.91 Å². The molecule has 0 radical (unpaired) electrons. The average molecular weight is 437 g/mol. The van der Waals surface area contributed by atoms with Gasteiger partial charge >= 0.3 is 0 Å². The number of nitrogens with one attached hydrogen (secondary N) is 2. The molecule has 1 unspecified atom stereocenters. The molecule has 3 amide bonds. The minimum Gasteiger partial charge on any atom is -0.368 e. The largest absolute Gasteiger partial charge is 0.368 e. The van der Waals surface area contributed by atoms with Gasteiger partial charge < -0.3 is 15.1 Å². The van der Waals surface area contributed by atoms with E-state index in [2.05, 4.69) is 47.6 Å². The third-order valence-corrected chi connectivity index (χ3v) is 6.37. The van der Waals surface area contributed by atoms with E-state index in [9.17, 15) is 14.4 Å². The van der Waals surface area contributed by atoms with Gasteiger partial charge in [0.2, 0.25) is 12.3 Å². The fraction of sp³-hybridized carbons (Fsp3) is 0.400. The molecule has 1 fully saturated rings. The molecule has 1 atom stereocenters. The number of likely N-dealkylation sites (N-methyl/N-ethyl adjacent to an activating group) is 1. The molecule has 32 heavy (non-hydrogen) atoms. The number of aryl methyl sites for hydroxylation is 2. The van der Waals surface area contributed by atoms with Gasteiger partial charge in [-0.05, 0) is 44.0 Å². The number of hydrogen-bond acceptors (Lipinski definition) is 5. The van der Waals surface area contributed by atoms with Gasteiger partial charge in [-0.2, -0.15) is 0 Å². The predicted molar refractivity (Wildman–Crippen MR) is 125 cm³/mol. The summed E-state index contributed by atoms with van der Waals surface area (Å²) in [5, 5.41) is 5.33. The molecule has 3 rings (SSSR count). The number of amides is 3. The summed E-state index contributed by atoms with van der Waals surface area (Å²) >= 11 is 0. The Bertz CT molecular complexity index is 935. The van der Waals surface area contributed by atoms with Gasteiger partial charge in [0, 0.05) is 38.3 Å². The molecule has 1 aliphatic rings. The Hall–Kier alpha value is -3.19. The molecule has 7 nitrogen and oxygen atoms in total. The molecule has 2 aromatic rings. The zero-order valence-electron chi connectivity index (χ0n) is 19.1. The van der Waals surface area contributed by atoms with Crippen LogP contribution in [0.25, 0.3) is 0 Å². The third-order valence-electron chi connectivity index (χ3n) is 6.37. The van der Waals surface area contributed by atoms with Crippen LogP contribution in [0, 0.1) is 13.8 Å². The monoisotopic (exact) mass is 436 g/mol. The van der Waals surface area contributed by atoms with E-state index in [-0.39, 0.29) is 18.7 Å². The summed E-state index contributed by atoms with van der Waals surface area (Å²) in [6, 6.07) is 15.5. The summed E-state index contributed by atoms with van der Waals surface area (Å²) in [5.41, 5.74) is 3.30. The number of carbonyl (C=O) groups excluding carboxylic acids is 3. The number of nitrogens with zero attached hydrogens (tertiary/aromatic N) is 2. The zero-order valence-corrected chi connectivity index (χ0v) is 19.1. The first-order chi connectivity index (χ1) is 15.4. The summed E-state index contributed by atoms with van der Waals surface area (Å²) in [6.45, 7) is 7.07. The van der Waals surface area contributed by atoms with Crippen LogP contribution in [0.5, 0.6) is 0 Å². The van der Waals surface area contributed by atoms with Gasteiger partial charge in [-0.1, -0.05) is 48.5 Å². The predicted octanol–water partition coefficient (Wildman–Crippen LogP) is 2.12. The molecule has 7 heteroatoms. The van der Waals surface area contributed by atoms with Gasteiger partial charge in [-0.15, -0.1) is 0 Å². The number of anilines is 1. The molecular formula is C25H32N4O3. The molecule has 170 valence electrons. The van der Waals surface area contributed by atoms with E-state index in [1.807, 2.05) is 35.2 Å². The highest BCUT2D eigenvalue weighted by Crippen LogP contribution is 2.28. The van der Waals surface area contributed by atoms with Crippen LogP contribution >= 0.6 is 0 Å². The topological polar surface area (TPSA) is 81.8 Å². The SMILES string of the molecule is CNC(CCC(=O)N1CCN(c2c(C)cccc2C)CC1)(C(=O)NC=O)c1ccccc1. The Labute approximate surface area is 189 Å². The molecule has 2 N–H and O–H groups in total. The fourth-order valence-electron chi connectivity index (χ4n) is 4.61. The van der Waals surface area contributed by atoms with Crippen LogP contribution in [0.2, 0.25) is 0 Å². The molecule has 0 saturated carbocycles. The number of para-hydroxylation sites is 1. The van der Waals surface area contributed by atoms with Crippen molar-refractivity contribution >= 4 is 23.9 Å².